The second-order valence-electron chi connectivity index (χ2n) is 3.33. The molecule has 1 aromatic carbocycles. The van der Waals surface area contributed by atoms with Gasteiger partial charge in [-0.05, 0) is 60.6 Å². The Labute approximate surface area is 79.6 Å². The molecule has 0 aliphatic heterocycles. The molecule has 0 nitrogen and oxygen atoms in total. The SMILES string of the molecule is Cc1c(C)c(C)c(P)c(P)c1C. The van der Waals surface area contributed by atoms with Crippen LogP contribution in [-0.2, 0) is 0 Å². The predicted octanol–water partition coefficient (Wildman–Crippen LogP) is 1.92. The Morgan fingerprint density at radius 1 is 0.583 bits per heavy atom. The third-order valence-electron chi connectivity index (χ3n) is 2.79. The van der Waals surface area contributed by atoms with E-state index >= 15 is 0 Å². The van der Waals surface area contributed by atoms with Crippen LogP contribution in [0.2, 0.25) is 0 Å². The summed E-state index contributed by atoms with van der Waals surface area (Å²) in [4.78, 5) is 0. The minimum absolute atomic E-state index is 1.33. The first-order valence-electron chi connectivity index (χ1n) is 4.08. The average Bonchev–Trinajstić information content (AvgIpc) is 2.08. The summed E-state index contributed by atoms with van der Waals surface area (Å²) in [6.45, 7) is 8.74. The van der Waals surface area contributed by atoms with E-state index in [0.717, 1.165) is 0 Å². The molecule has 0 spiro atoms. The highest BCUT2D eigenvalue weighted by Gasteiger charge is 2.08. The van der Waals surface area contributed by atoms with Gasteiger partial charge in [0.15, 0.2) is 0 Å². The molecule has 0 aliphatic carbocycles. The van der Waals surface area contributed by atoms with Crippen LogP contribution in [0, 0.1) is 27.7 Å². The molecular formula is C10H16P2. The van der Waals surface area contributed by atoms with Gasteiger partial charge < -0.3 is 0 Å². The monoisotopic (exact) mass is 198 g/mol. The lowest BCUT2D eigenvalue weighted by Gasteiger charge is -2.15. The van der Waals surface area contributed by atoms with Crippen LogP contribution in [-0.4, -0.2) is 0 Å². The maximum absolute atomic E-state index is 2.81. The highest BCUT2D eigenvalue weighted by Crippen LogP contribution is 2.16. The number of hydrogen-bond acceptors (Lipinski definition) is 0. The molecule has 0 heterocycles. The van der Waals surface area contributed by atoms with E-state index in [1.54, 1.807) is 0 Å². The van der Waals surface area contributed by atoms with Gasteiger partial charge in [0.05, 0.1) is 0 Å². The van der Waals surface area contributed by atoms with Crippen LogP contribution < -0.4 is 10.6 Å². The van der Waals surface area contributed by atoms with Crippen molar-refractivity contribution in [2.45, 2.75) is 27.7 Å². The molecule has 1 rings (SSSR count). The molecule has 2 atom stereocenters. The minimum atomic E-state index is 1.33. The van der Waals surface area contributed by atoms with E-state index in [0.29, 0.717) is 0 Å². The predicted molar refractivity (Wildman–Crippen MR) is 64.1 cm³/mol. The number of benzene rings is 1. The average molecular weight is 198 g/mol. The van der Waals surface area contributed by atoms with Crippen molar-refractivity contribution in [1.29, 1.82) is 0 Å². The first-order chi connectivity index (χ1) is 5.46. The van der Waals surface area contributed by atoms with E-state index in [1.807, 2.05) is 0 Å². The first kappa shape index (κ1) is 10.2. The van der Waals surface area contributed by atoms with Gasteiger partial charge in [-0.1, -0.05) is 0 Å². The summed E-state index contributed by atoms with van der Waals surface area (Å²) < 4.78 is 0. The van der Waals surface area contributed by atoms with Crippen LogP contribution in [0.1, 0.15) is 22.3 Å². The van der Waals surface area contributed by atoms with E-state index in [1.165, 1.54) is 32.9 Å². The molecule has 0 saturated carbocycles. The summed E-state index contributed by atoms with van der Waals surface area (Å²) in [5.41, 5.74) is 5.63. The van der Waals surface area contributed by atoms with Crippen LogP contribution in [0.4, 0.5) is 0 Å². The number of rotatable bonds is 0. The Morgan fingerprint density at radius 2 is 0.833 bits per heavy atom. The van der Waals surface area contributed by atoms with Gasteiger partial charge in [-0.3, -0.25) is 0 Å². The molecule has 0 saturated heterocycles. The Bertz CT molecular complexity index is 222. The van der Waals surface area contributed by atoms with Crippen molar-refractivity contribution >= 4 is 29.1 Å². The summed E-state index contributed by atoms with van der Waals surface area (Å²) in [5, 5.41) is 2.67. The Balaban J connectivity index is 3.60. The normalized spacial score (nSPS) is 10.5. The van der Waals surface area contributed by atoms with E-state index in [2.05, 4.69) is 46.2 Å². The van der Waals surface area contributed by atoms with Crippen molar-refractivity contribution in [2.24, 2.45) is 0 Å². The van der Waals surface area contributed by atoms with Crippen molar-refractivity contribution in [1.82, 2.24) is 0 Å². The van der Waals surface area contributed by atoms with Crippen LogP contribution in [0.5, 0.6) is 0 Å². The molecular weight excluding hydrogens is 182 g/mol. The molecule has 0 radical (unpaired) electrons. The molecule has 0 fully saturated rings. The fourth-order valence-corrected chi connectivity index (χ4v) is 2.24. The van der Waals surface area contributed by atoms with Gasteiger partial charge >= 0.3 is 0 Å². The van der Waals surface area contributed by atoms with E-state index in [-0.39, 0.29) is 0 Å². The quantitative estimate of drug-likeness (QED) is 0.559. The van der Waals surface area contributed by atoms with E-state index in [4.69, 9.17) is 0 Å². The summed E-state index contributed by atoms with van der Waals surface area (Å²) in [5.74, 6) is 0. The van der Waals surface area contributed by atoms with Gasteiger partial charge in [-0.15, -0.1) is 18.5 Å². The molecule has 2 unspecified atom stereocenters. The zero-order valence-electron chi connectivity index (χ0n) is 8.15. The van der Waals surface area contributed by atoms with Crippen LogP contribution in [0.15, 0.2) is 0 Å². The molecule has 0 aromatic heterocycles. The van der Waals surface area contributed by atoms with Crippen molar-refractivity contribution in [3.8, 4) is 0 Å². The lowest BCUT2D eigenvalue weighted by molar-refractivity contribution is 1.25. The smallest absolute Gasteiger partial charge is 0.0197 e. The lowest BCUT2D eigenvalue weighted by Crippen LogP contribution is -2.20. The van der Waals surface area contributed by atoms with Gasteiger partial charge in [-0.2, -0.15) is 0 Å². The molecule has 0 bridgehead atoms. The molecule has 0 N–H and O–H groups in total. The first-order valence-corrected chi connectivity index (χ1v) is 5.23. The minimum Gasteiger partial charge on any atom is -0.105 e. The van der Waals surface area contributed by atoms with Gasteiger partial charge in [0.2, 0.25) is 0 Å². The van der Waals surface area contributed by atoms with Gasteiger partial charge in [0.25, 0.3) is 0 Å². The fourth-order valence-electron chi connectivity index (χ4n) is 1.37. The third kappa shape index (κ3) is 1.43. The van der Waals surface area contributed by atoms with Crippen LogP contribution in [0.25, 0.3) is 0 Å². The highest BCUT2D eigenvalue weighted by atomic mass is 31.0. The van der Waals surface area contributed by atoms with Gasteiger partial charge in [-0.25, -0.2) is 0 Å². The summed E-state index contributed by atoms with van der Waals surface area (Å²) in [6.07, 6.45) is 0. The molecule has 66 valence electrons. The van der Waals surface area contributed by atoms with Crippen molar-refractivity contribution < 1.29 is 0 Å². The Hall–Kier alpha value is 0.0800. The largest absolute Gasteiger partial charge is 0.105 e. The second-order valence-corrected chi connectivity index (χ2v) is 4.48. The zero-order chi connectivity index (χ0) is 9.46. The molecule has 0 amide bonds. The van der Waals surface area contributed by atoms with Crippen LogP contribution >= 0.6 is 18.5 Å². The van der Waals surface area contributed by atoms with Crippen LogP contribution in [0.3, 0.4) is 0 Å². The summed E-state index contributed by atoms with van der Waals surface area (Å²) >= 11 is 0. The second kappa shape index (κ2) is 3.44. The lowest BCUT2D eigenvalue weighted by atomic mass is 9.99. The highest BCUT2D eigenvalue weighted by molar-refractivity contribution is 7.36. The van der Waals surface area contributed by atoms with Crippen molar-refractivity contribution in [3.63, 3.8) is 0 Å². The topological polar surface area (TPSA) is 0 Å². The zero-order valence-corrected chi connectivity index (χ0v) is 10.5. The Kier molecular flexibility index (Phi) is 2.92. The van der Waals surface area contributed by atoms with Gasteiger partial charge in [0, 0.05) is 0 Å². The third-order valence-corrected chi connectivity index (χ3v) is 4.61. The maximum Gasteiger partial charge on any atom is -0.0197 e. The summed E-state index contributed by atoms with van der Waals surface area (Å²) in [7, 11) is 5.63. The fraction of sp³-hybridized carbons (Fsp3) is 0.400. The van der Waals surface area contributed by atoms with Crippen molar-refractivity contribution in [3.05, 3.63) is 22.3 Å². The Morgan fingerprint density at radius 3 is 1.08 bits per heavy atom. The van der Waals surface area contributed by atoms with E-state index in [9.17, 15) is 0 Å². The molecule has 12 heavy (non-hydrogen) atoms. The molecule has 2 heteroatoms. The standard InChI is InChI=1S/C10H16P2/c1-5-6(2)8(4)10(12)9(11)7(5)3/h11-12H2,1-4H3. The molecule has 1 aromatic rings. The van der Waals surface area contributed by atoms with Crippen molar-refractivity contribution in [2.75, 3.05) is 0 Å². The van der Waals surface area contributed by atoms with Gasteiger partial charge in [0.1, 0.15) is 0 Å². The summed E-state index contributed by atoms with van der Waals surface area (Å²) in [6, 6.07) is 0. The molecule has 0 aliphatic rings. The van der Waals surface area contributed by atoms with E-state index < -0.39 is 0 Å². The number of hydrogen-bond donors (Lipinski definition) is 0. The maximum atomic E-state index is 2.81.